The number of carbonyl (C=O) groups is 2. The molecule has 1 heterocycles. The van der Waals surface area contributed by atoms with E-state index in [0.717, 1.165) is 13.0 Å². The highest BCUT2D eigenvalue weighted by Crippen LogP contribution is 2.22. The molecule has 1 aromatic carbocycles. The van der Waals surface area contributed by atoms with Crippen LogP contribution < -0.4 is 20.1 Å². The molecule has 0 radical (unpaired) electrons. The van der Waals surface area contributed by atoms with E-state index in [4.69, 9.17) is 9.47 Å². The minimum Gasteiger partial charge on any atom is -0.497 e. The zero-order valence-electron chi connectivity index (χ0n) is 16.8. The zero-order chi connectivity index (χ0) is 20.5. The summed E-state index contributed by atoms with van der Waals surface area (Å²) in [6.07, 6.45) is 4.34. The summed E-state index contributed by atoms with van der Waals surface area (Å²) >= 11 is 0. The quantitative estimate of drug-likeness (QED) is 0.606. The molecule has 8 nitrogen and oxygen atoms in total. The van der Waals surface area contributed by atoms with Crippen molar-refractivity contribution in [2.45, 2.75) is 32.9 Å². The van der Waals surface area contributed by atoms with E-state index in [1.807, 2.05) is 30.8 Å². The van der Waals surface area contributed by atoms with Crippen LogP contribution in [-0.2, 0) is 11.3 Å². The van der Waals surface area contributed by atoms with Gasteiger partial charge in [0.1, 0.15) is 17.5 Å². The minimum atomic E-state index is -0.644. The molecule has 0 bridgehead atoms. The lowest BCUT2D eigenvalue weighted by Crippen LogP contribution is -2.50. The average molecular weight is 388 g/mol. The molecule has 28 heavy (non-hydrogen) atoms. The van der Waals surface area contributed by atoms with Crippen LogP contribution in [-0.4, -0.2) is 48.4 Å². The van der Waals surface area contributed by atoms with E-state index in [-0.39, 0.29) is 17.7 Å². The summed E-state index contributed by atoms with van der Waals surface area (Å²) in [7, 11) is 3.04. The monoisotopic (exact) mass is 388 g/mol. The molecule has 2 rings (SSSR count). The van der Waals surface area contributed by atoms with Crippen LogP contribution in [0.2, 0.25) is 0 Å². The van der Waals surface area contributed by atoms with Gasteiger partial charge in [-0.05, 0) is 30.5 Å². The maximum absolute atomic E-state index is 12.7. The van der Waals surface area contributed by atoms with Gasteiger partial charge < -0.3 is 20.1 Å². The van der Waals surface area contributed by atoms with E-state index in [1.165, 1.54) is 14.2 Å². The molecule has 0 aliphatic rings. The number of benzene rings is 1. The second kappa shape index (κ2) is 10.3. The van der Waals surface area contributed by atoms with Crippen LogP contribution in [0.15, 0.2) is 36.7 Å². The summed E-state index contributed by atoms with van der Waals surface area (Å²) in [5, 5.41) is 9.82. The Morgan fingerprint density at radius 3 is 2.36 bits per heavy atom. The lowest BCUT2D eigenvalue weighted by Gasteiger charge is -2.22. The number of nitrogens with one attached hydrogen (secondary N) is 2. The molecule has 8 heteroatoms. The molecule has 1 aromatic heterocycles. The summed E-state index contributed by atoms with van der Waals surface area (Å²) in [4.78, 5) is 25.2. The van der Waals surface area contributed by atoms with Gasteiger partial charge in [-0.25, -0.2) is 0 Å². The number of nitrogens with zero attached hydrogens (tertiary/aromatic N) is 2. The molecule has 2 aromatic rings. The average Bonchev–Trinajstić information content (AvgIpc) is 3.21. The van der Waals surface area contributed by atoms with Crippen molar-refractivity contribution in [2.24, 2.45) is 5.92 Å². The minimum absolute atomic E-state index is 0.0671. The predicted octanol–water partition coefficient (Wildman–Crippen LogP) is 1.86. The van der Waals surface area contributed by atoms with Crippen molar-refractivity contribution in [3.8, 4) is 11.5 Å². The molecule has 0 aliphatic carbocycles. The summed E-state index contributed by atoms with van der Waals surface area (Å²) in [5.74, 6) is 0.381. The highest BCUT2D eigenvalue weighted by molar-refractivity contribution is 5.98. The molecule has 0 aliphatic heterocycles. The normalized spacial score (nSPS) is 11.8. The molecule has 0 fully saturated rings. The first-order chi connectivity index (χ1) is 13.4. The summed E-state index contributed by atoms with van der Waals surface area (Å²) in [6.45, 7) is 5.00. The van der Waals surface area contributed by atoms with E-state index in [1.54, 1.807) is 24.4 Å². The summed E-state index contributed by atoms with van der Waals surface area (Å²) in [5.41, 5.74) is 0.369. The Morgan fingerprint density at radius 2 is 1.82 bits per heavy atom. The van der Waals surface area contributed by atoms with Gasteiger partial charge in [0, 0.05) is 37.1 Å². The van der Waals surface area contributed by atoms with E-state index >= 15 is 0 Å². The largest absolute Gasteiger partial charge is 0.497 e. The van der Waals surface area contributed by atoms with Crippen LogP contribution in [0.25, 0.3) is 0 Å². The second-order valence-corrected chi connectivity index (χ2v) is 6.71. The molecule has 152 valence electrons. The molecular formula is C20H28N4O4. The van der Waals surface area contributed by atoms with Crippen LogP contribution >= 0.6 is 0 Å². The Labute approximate surface area is 165 Å². The van der Waals surface area contributed by atoms with Crippen molar-refractivity contribution in [1.82, 2.24) is 20.4 Å². The van der Waals surface area contributed by atoms with Crippen LogP contribution in [0.3, 0.4) is 0 Å². The van der Waals surface area contributed by atoms with Gasteiger partial charge in [-0.15, -0.1) is 0 Å². The Bertz CT molecular complexity index is 752. The number of ether oxygens (including phenoxy) is 2. The van der Waals surface area contributed by atoms with Gasteiger partial charge in [0.2, 0.25) is 5.91 Å². The fourth-order valence-corrected chi connectivity index (χ4v) is 2.69. The van der Waals surface area contributed by atoms with Crippen molar-refractivity contribution in [2.75, 3.05) is 20.8 Å². The third-order valence-corrected chi connectivity index (χ3v) is 4.27. The number of hydrogen-bond acceptors (Lipinski definition) is 5. The molecule has 0 saturated carbocycles. The van der Waals surface area contributed by atoms with Crippen molar-refractivity contribution < 1.29 is 19.1 Å². The zero-order valence-corrected chi connectivity index (χ0v) is 16.8. The fourth-order valence-electron chi connectivity index (χ4n) is 2.69. The van der Waals surface area contributed by atoms with Crippen molar-refractivity contribution >= 4 is 11.8 Å². The smallest absolute Gasteiger partial charge is 0.252 e. The van der Waals surface area contributed by atoms with Gasteiger partial charge in [-0.3, -0.25) is 14.3 Å². The number of aryl methyl sites for hydroxylation is 1. The number of hydrogen-bond donors (Lipinski definition) is 2. The van der Waals surface area contributed by atoms with Gasteiger partial charge in [-0.1, -0.05) is 13.8 Å². The number of aromatic nitrogens is 2. The van der Waals surface area contributed by atoms with Gasteiger partial charge in [-0.2, -0.15) is 5.10 Å². The first-order valence-corrected chi connectivity index (χ1v) is 9.23. The maximum atomic E-state index is 12.7. The first kappa shape index (κ1) is 21.3. The van der Waals surface area contributed by atoms with Crippen molar-refractivity contribution in [1.29, 1.82) is 0 Å². The summed E-state index contributed by atoms with van der Waals surface area (Å²) < 4.78 is 12.2. The Kier molecular flexibility index (Phi) is 7.86. The van der Waals surface area contributed by atoms with Gasteiger partial charge in [0.05, 0.1) is 14.2 Å². The third-order valence-electron chi connectivity index (χ3n) is 4.27. The predicted molar refractivity (Wildman–Crippen MR) is 105 cm³/mol. The van der Waals surface area contributed by atoms with E-state index in [9.17, 15) is 9.59 Å². The molecule has 1 atom stereocenters. The van der Waals surface area contributed by atoms with Gasteiger partial charge in [0.25, 0.3) is 5.91 Å². The first-order valence-electron chi connectivity index (χ1n) is 9.23. The van der Waals surface area contributed by atoms with E-state index in [2.05, 4.69) is 15.7 Å². The lowest BCUT2D eigenvalue weighted by molar-refractivity contribution is -0.123. The Balaban J connectivity index is 1.95. The van der Waals surface area contributed by atoms with Crippen LogP contribution in [0.4, 0.5) is 0 Å². The molecule has 0 unspecified atom stereocenters. The third kappa shape index (κ3) is 6.00. The molecule has 0 saturated heterocycles. The highest BCUT2D eigenvalue weighted by atomic mass is 16.5. The summed E-state index contributed by atoms with van der Waals surface area (Å²) in [6, 6.07) is 6.11. The number of methoxy groups -OCH3 is 2. The lowest BCUT2D eigenvalue weighted by atomic mass is 10.0. The Hall–Kier alpha value is -3.03. The second-order valence-electron chi connectivity index (χ2n) is 6.71. The molecular weight excluding hydrogens is 360 g/mol. The SMILES string of the molecule is COc1cc(OC)cc(C(=O)N[C@@H](C(=O)NCCCn2cccn2)C(C)C)c1. The van der Waals surface area contributed by atoms with Gasteiger partial charge in [0.15, 0.2) is 0 Å². The van der Waals surface area contributed by atoms with Crippen LogP contribution in [0.5, 0.6) is 11.5 Å². The standard InChI is InChI=1S/C20H28N4O4/c1-14(2)18(20(26)21-7-5-9-24-10-6-8-22-24)23-19(25)15-11-16(27-3)13-17(12-15)28-4/h6,8,10-14,18H,5,7,9H2,1-4H3,(H,21,26)(H,23,25)/t18-/m1/s1. The molecule has 2 N–H and O–H groups in total. The molecule has 2 amide bonds. The van der Waals surface area contributed by atoms with Crippen molar-refractivity contribution in [3.05, 3.63) is 42.2 Å². The topological polar surface area (TPSA) is 94.5 Å². The van der Waals surface area contributed by atoms with E-state index < -0.39 is 6.04 Å². The Morgan fingerprint density at radius 1 is 1.14 bits per heavy atom. The molecule has 0 spiro atoms. The van der Waals surface area contributed by atoms with Crippen LogP contribution in [0, 0.1) is 5.92 Å². The van der Waals surface area contributed by atoms with Crippen LogP contribution in [0.1, 0.15) is 30.6 Å². The van der Waals surface area contributed by atoms with E-state index in [0.29, 0.717) is 23.6 Å². The fraction of sp³-hybridized carbons (Fsp3) is 0.450. The maximum Gasteiger partial charge on any atom is 0.252 e. The van der Waals surface area contributed by atoms with Crippen molar-refractivity contribution in [3.63, 3.8) is 0 Å². The highest BCUT2D eigenvalue weighted by Gasteiger charge is 2.24. The number of carbonyl (C=O) groups excluding carboxylic acids is 2. The van der Waals surface area contributed by atoms with Gasteiger partial charge >= 0.3 is 0 Å². The number of rotatable bonds is 10. The number of amides is 2.